The highest BCUT2D eigenvalue weighted by atomic mass is 16.6. The number of nitro benzene ring substituents is 1. The largest absolute Gasteiger partial charge is 0.481 e. The Balaban J connectivity index is 1.86. The molecule has 8 heteroatoms. The van der Waals surface area contributed by atoms with Gasteiger partial charge in [0.05, 0.1) is 17.4 Å². The van der Waals surface area contributed by atoms with Crippen molar-refractivity contribution in [1.82, 2.24) is 5.43 Å². The number of nitrogens with one attached hydrogen (secondary N) is 1. The summed E-state index contributed by atoms with van der Waals surface area (Å²) in [4.78, 5) is 21.8. The van der Waals surface area contributed by atoms with E-state index < -0.39 is 16.9 Å². The van der Waals surface area contributed by atoms with Crippen molar-refractivity contribution >= 4 is 17.8 Å². The number of nitrogens with zero attached hydrogens (tertiary/aromatic N) is 2. The van der Waals surface area contributed by atoms with Crippen molar-refractivity contribution in [1.29, 1.82) is 0 Å². The van der Waals surface area contributed by atoms with Gasteiger partial charge in [-0.1, -0.05) is 0 Å². The van der Waals surface area contributed by atoms with Gasteiger partial charge in [0.15, 0.2) is 6.10 Å². The first-order chi connectivity index (χ1) is 10.6. The minimum atomic E-state index is -0.810. The molecule has 0 bridgehead atoms. The number of nitro groups is 1. The molecule has 2 aromatic rings. The third-order valence-corrected chi connectivity index (χ3v) is 2.64. The van der Waals surface area contributed by atoms with E-state index in [0.717, 1.165) is 0 Å². The molecule has 1 aromatic heterocycles. The summed E-state index contributed by atoms with van der Waals surface area (Å²) in [6.07, 6.45) is 2.04. The number of non-ortho nitro benzene ring substituents is 1. The monoisotopic (exact) mass is 303 g/mol. The fourth-order valence-electron chi connectivity index (χ4n) is 1.52. The summed E-state index contributed by atoms with van der Waals surface area (Å²) in [5, 5.41) is 14.3. The van der Waals surface area contributed by atoms with Crippen LogP contribution in [0.2, 0.25) is 0 Å². The topological polar surface area (TPSA) is 107 Å². The molecular weight excluding hydrogens is 290 g/mol. The normalized spacial score (nSPS) is 12.0. The molecule has 22 heavy (non-hydrogen) atoms. The zero-order valence-electron chi connectivity index (χ0n) is 11.6. The van der Waals surface area contributed by atoms with Gasteiger partial charge in [0.25, 0.3) is 11.6 Å². The molecule has 0 unspecified atom stereocenters. The lowest BCUT2D eigenvalue weighted by atomic mass is 10.3. The van der Waals surface area contributed by atoms with Gasteiger partial charge in [-0.15, -0.1) is 0 Å². The minimum Gasteiger partial charge on any atom is -0.481 e. The summed E-state index contributed by atoms with van der Waals surface area (Å²) in [5.74, 6) is 0.397. The van der Waals surface area contributed by atoms with Crippen molar-refractivity contribution < 1.29 is 18.9 Å². The number of hydrazone groups is 1. The van der Waals surface area contributed by atoms with E-state index in [1.807, 2.05) is 0 Å². The van der Waals surface area contributed by atoms with Gasteiger partial charge in [-0.3, -0.25) is 14.9 Å². The van der Waals surface area contributed by atoms with Crippen LogP contribution in [0.3, 0.4) is 0 Å². The average molecular weight is 303 g/mol. The van der Waals surface area contributed by atoms with Gasteiger partial charge in [0.2, 0.25) is 0 Å². The summed E-state index contributed by atoms with van der Waals surface area (Å²) in [6, 6.07) is 8.84. The molecule has 1 amide bonds. The number of amides is 1. The molecule has 0 radical (unpaired) electrons. The maximum atomic E-state index is 11.8. The minimum absolute atomic E-state index is 0.0486. The summed E-state index contributed by atoms with van der Waals surface area (Å²) < 4.78 is 10.4. The van der Waals surface area contributed by atoms with Gasteiger partial charge in [0, 0.05) is 12.1 Å². The zero-order chi connectivity index (χ0) is 15.9. The van der Waals surface area contributed by atoms with Crippen molar-refractivity contribution in [3.63, 3.8) is 0 Å². The van der Waals surface area contributed by atoms with Crippen LogP contribution in [-0.2, 0) is 4.79 Å². The Morgan fingerprint density at radius 2 is 2.14 bits per heavy atom. The number of carbonyl (C=O) groups is 1. The van der Waals surface area contributed by atoms with Crippen molar-refractivity contribution in [2.75, 3.05) is 0 Å². The van der Waals surface area contributed by atoms with Gasteiger partial charge in [-0.25, -0.2) is 5.43 Å². The Morgan fingerprint density at radius 1 is 1.41 bits per heavy atom. The molecule has 1 heterocycles. The van der Waals surface area contributed by atoms with Gasteiger partial charge < -0.3 is 9.15 Å². The SMILES string of the molecule is C[C@@H](Oc1ccc([N+](=O)[O-])cc1)C(=O)N/N=C\c1ccco1. The highest BCUT2D eigenvalue weighted by Gasteiger charge is 2.14. The molecule has 0 fully saturated rings. The van der Waals surface area contributed by atoms with E-state index in [0.29, 0.717) is 11.5 Å². The Labute approximate surface area is 125 Å². The first-order valence-electron chi connectivity index (χ1n) is 6.34. The molecular formula is C14H13N3O5. The standard InChI is InChI=1S/C14H13N3O5/c1-10(14(18)16-15-9-13-3-2-8-21-13)22-12-6-4-11(5-7-12)17(19)20/h2-10H,1H3,(H,16,18)/b15-9-/t10-/m1/s1. The Hall–Kier alpha value is -3.16. The van der Waals surface area contributed by atoms with Gasteiger partial charge in [-0.2, -0.15) is 5.10 Å². The Kier molecular flexibility index (Phi) is 4.86. The van der Waals surface area contributed by atoms with Crippen molar-refractivity contribution in [2.24, 2.45) is 5.10 Å². The summed E-state index contributed by atoms with van der Waals surface area (Å²) >= 11 is 0. The molecule has 0 aliphatic rings. The van der Waals surface area contributed by atoms with Crippen LogP contribution in [0.15, 0.2) is 52.2 Å². The molecule has 0 aliphatic heterocycles. The molecule has 0 saturated carbocycles. The zero-order valence-corrected chi connectivity index (χ0v) is 11.6. The van der Waals surface area contributed by atoms with Gasteiger partial charge in [0.1, 0.15) is 11.5 Å². The van der Waals surface area contributed by atoms with E-state index in [-0.39, 0.29) is 5.69 Å². The van der Waals surface area contributed by atoms with Crippen LogP contribution >= 0.6 is 0 Å². The lowest BCUT2D eigenvalue weighted by Gasteiger charge is -2.12. The number of hydrogen-bond donors (Lipinski definition) is 1. The van der Waals surface area contributed by atoms with Crippen LogP contribution in [0.1, 0.15) is 12.7 Å². The molecule has 114 valence electrons. The molecule has 0 spiro atoms. The fourth-order valence-corrected chi connectivity index (χ4v) is 1.52. The lowest BCUT2D eigenvalue weighted by molar-refractivity contribution is -0.384. The number of ether oxygens (including phenoxy) is 1. The third-order valence-electron chi connectivity index (χ3n) is 2.64. The van der Waals surface area contributed by atoms with E-state index >= 15 is 0 Å². The van der Waals surface area contributed by atoms with Crippen molar-refractivity contribution in [3.05, 3.63) is 58.5 Å². The van der Waals surface area contributed by atoms with E-state index in [4.69, 9.17) is 9.15 Å². The highest BCUT2D eigenvalue weighted by molar-refractivity contribution is 5.83. The Bertz CT molecular complexity index is 664. The van der Waals surface area contributed by atoms with Crippen LogP contribution in [-0.4, -0.2) is 23.1 Å². The van der Waals surface area contributed by atoms with Crippen molar-refractivity contribution in [3.8, 4) is 5.75 Å². The number of rotatable bonds is 6. The van der Waals surface area contributed by atoms with Crippen LogP contribution in [0, 0.1) is 10.1 Å². The lowest BCUT2D eigenvalue weighted by Crippen LogP contribution is -2.33. The predicted octanol–water partition coefficient (Wildman–Crippen LogP) is 2.11. The quantitative estimate of drug-likeness (QED) is 0.499. The number of hydrogen-bond acceptors (Lipinski definition) is 6. The molecule has 0 aliphatic carbocycles. The second kappa shape index (κ2) is 7.02. The van der Waals surface area contributed by atoms with Crippen LogP contribution < -0.4 is 10.2 Å². The van der Waals surface area contributed by atoms with Crippen LogP contribution in [0.25, 0.3) is 0 Å². The molecule has 1 aromatic carbocycles. The second-order valence-corrected chi connectivity index (χ2v) is 4.26. The molecule has 2 rings (SSSR count). The summed E-state index contributed by atoms with van der Waals surface area (Å²) in [7, 11) is 0. The van der Waals surface area contributed by atoms with E-state index in [1.54, 1.807) is 19.1 Å². The highest BCUT2D eigenvalue weighted by Crippen LogP contribution is 2.18. The number of furan rings is 1. The van der Waals surface area contributed by atoms with Crippen LogP contribution in [0.5, 0.6) is 5.75 Å². The maximum Gasteiger partial charge on any atom is 0.280 e. The fraction of sp³-hybridized carbons (Fsp3) is 0.143. The van der Waals surface area contributed by atoms with Gasteiger partial charge in [-0.05, 0) is 31.2 Å². The smallest absolute Gasteiger partial charge is 0.280 e. The predicted molar refractivity (Wildman–Crippen MR) is 77.6 cm³/mol. The average Bonchev–Trinajstić information content (AvgIpc) is 3.01. The van der Waals surface area contributed by atoms with E-state index in [9.17, 15) is 14.9 Å². The first kappa shape index (κ1) is 15.2. The van der Waals surface area contributed by atoms with E-state index in [2.05, 4.69) is 10.5 Å². The molecule has 0 saturated heterocycles. The van der Waals surface area contributed by atoms with Crippen LogP contribution in [0.4, 0.5) is 5.69 Å². The molecule has 1 N–H and O–H groups in total. The first-order valence-corrected chi connectivity index (χ1v) is 6.34. The molecule has 8 nitrogen and oxygen atoms in total. The maximum absolute atomic E-state index is 11.8. The number of carbonyl (C=O) groups excluding carboxylic acids is 1. The number of benzene rings is 1. The third kappa shape index (κ3) is 4.17. The van der Waals surface area contributed by atoms with Crippen molar-refractivity contribution in [2.45, 2.75) is 13.0 Å². The summed E-state index contributed by atoms with van der Waals surface area (Å²) in [5.41, 5.74) is 2.26. The van der Waals surface area contributed by atoms with E-state index in [1.165, 1.54) is 36.7 Å². The second-order valence-electron chi connectivity index (χ2n) is 4.26. The molecule has 1 atom stereocenters. The Morgan fingerprint density at radius 3 is 2.73 bits per heavy atom. The van der Waals surface area contributed by atoms with Gasteiger partial charge >= 0.3 is 0 Å². The summed E-state index contributed by atoms with van der Waals surface area (Å²) in [6.45, 7) is 1.54.